The van der Waals surface area contributed by atoms with Gasteiger partial charge in [0.25, 0.3) is 0 Å². The molecule has 21 heavy (non-hydrogen) atoms. The molecule has 1 aliphatic carbocycles. The fourth-order valence-electron chi connectivity index (χ4n) is 2.43. The summed E-state index contributed by atoms with van der Waals surface area (Å²) >= 11 is 8.93. The zero-order valence-electron chi connectivity index (χ0n) is 12.5. The summed E-state index contributed by atoms with van der Waals surface area (Å²) in [5.74, 6) is 0. The summed E-state index contributed by atoms with van der Waals surface area (Å²) < 4.78 is 6.37. The number of halogens is 1. The highest BCUT2D eigenvalue weighted by molar-refractivity contribution is 9.10. The summed E-state index contributed by atoms with van der Waals surface area (Å²) in [5.41, 5.74) is 1.98. The molecule has 2 rings (SSSR count). The van der Waals surface area contributed by atoms with Crippen LogP contribution in [-0.2, 0) is 17.6 Å². The molecule has 114 valence electrons. The van der Waals surface area contributed by atoms with Crippen molar-refractivity contribution in [2.75, 3.05) is 0 Å². The third kappa shape index (κ3) is 5.08. The van der Waals surface area contributed by atoms with Crippen molar-refractivity contribution in [3.05, 3.63) is 33.8 Å². The molecule has 0 fully saturated rings. The van der Waals surface area contributed by atoms with Gasteiger partial charge in [0.2, 0.25) is 0 Å². The lowest BCUT2D eigenvalue weighted by atomic mass is 10.0. The first kappa shape index (κ1) is 16.4. The second-order valence-electron chi connectivity index (χ2n) is 6.38. The summed E-state index contributed by atoms with van der Waals surface area (Å²) in [7, 11) is 0. The van der Waals surface area contributed by atoms with E-state index < -0.39 is 5.60 Å². The fourth-order valence-corrected chi connectivity index (χ4v) is 3.20. The third-order valence-corrected chi connectivity index (χ3v) is 4.02. The topological polar surface area (TPSA) is 38.3 Å². The molecule has 0 aromatic heterocycles. The number of alkyl carbamates (subject to hydrolysis) is 1. The molecular formula is C16H20BrNO2S. The predicted octanol–water partition coefficient (Wildman–Crippen LogP) is 4.20. The molecule has 0 spiro atoms. The van der Waals surface area contributed by atoms with Crippen molar-refractivity contribution in [3.63, 3.8) is 0 Å². The number of carbonyl (C=O) groups is 1. The van der Waals surface area contributed by atoms with Gasteiger partial charge in [-0.15, -0.1) is 0 Å². The maximum absolute atomic E-state index is 11.9. The van der Waals surface area contributed by atoms with Gasteiger partial charge in [0, 0.05) is 16.9 Å². The number of hydrogen-bond donors (Lipinski definition) is 1. The number of amides is 1. The highest BCUT2D eigenvalue weighted by Gasteiger charge is 2.24. The van der Waals surface area contributed by atoms with Crippen LogP contribution in [0.25, 0.3) is 0 Å². The number of rotatable bonds is 1. The van der Waals surface area contributed by atoms with E-state index in [1.807, 2.05) is 26.8 Å². The lowest BCUT2D eigenvalue weighted by Gasteiger charge is -2.23. The van der Waals surface area contributed by atoms with E-state index in [9.17, 15) is 4.79 Å². The average Bonchev–Trinajstić information content (AvgIpc) is 2.43. The number of hydrogen-bond acceptors (Lipinski definition) is 3. The first-order valence-corrected chi connectivity index (χ1v) is 8.21. The molecule has 1 aliphatic rings. The molecule has 1 amide bonds. The number of fused-ring (bicyclic) bond motifs is 1. The maximum atomic E-state index is 11.9. The molecule has 0 heterocycles. The minimum atomic E-state index is -0.490. The van der Waals surface area contributed by atoms with Crippen LogP contribution in [0.2, 0.25) is 0 Å². The van der Waals surface area contributed by atoms with Gasteiger partial charge < -0.3 is 10.1 Å². The Labute approximate surface area is 139 Å². The van der Waals surface area contributed by atoms with Crippen molar-refractivity contribution in [2.24, 2.45) is 0 Å². The first-order chi connectivity index (χ1) is 9.73. The quantitative estimate of drug-likeness (QED) is 0.595. The van der Waals surface area contributed by atoms with Gasteiger partial charge in [-0.25, -0.2) is 4.79 Å². The largest absolute Gasteiger partial charge is 0.444 e. The molecule has 0 saturated carbocycles. The second kappa shape index (κ2) is 6.44. The molecule has 0 aliphatic heterocycles. The van der Waals surface area contributed by atoms with E-state index in [0.29, 0.717) is 6.42 Å². The zero-order chi connectivity index (χ0) is 15.6. The Morgan fingerprint density at radius 3 is 2.71 bits per heavy atom. The van der Waals surface area contributed by atoms with Crippen LogP contribution in [0.1, 0.15) is 38.3 Å². The normalized spacial score (nSPS) is 18.7. The zero-order valence-corrected chi connectivity index (χ0v) is 14.9. The lowest BCUT2D eigenvalue weighted by molar-refractivity contribution is 0.0506. The van der Waals surface area contributed by atoms with Gasteiger partial charge in [-0.2, -0.15) is 0 Å². The number of ether oxygens (including phenoxy) is 1. The first-order valence-electron chi connectivity index (χ1n) is 7.01. The molecule has 1 unspecified atom stereocenters. The molecule has 1 N–H and O–H groups in total. The van der Waals surface area contributed by atoms with Gasteiger partial charge in [0.15, 0.2) is 0 Å². The Hall–Kier alpha value is -0.940. The molecular weight excluding hydrogens is 350 g/mol. The Morgan fingerprint density at radius 2 is 2.05 bits per heavy atom. The number of thiocarbonyl (C=S) groups is 1. The van der Waals surface area contributed by atoms with Crippen molar-refractivity contribution in [1.29, 1.82) is 0 Å². The van der Waals surface area contributed by atoms with Crippen molar-refractivity contribution in [1.82, 2.24) is 5.32 Å². The Balaban J connectivity index is 2.11. The van der Waals surface area contributed by atoms with Crippen LogP contribution >= 0.6 is 28.1 Å². The van der Waals surface area contributed by atoms with Crippen LogP contribution in [-0.4, -0.2) is 22.6 Å². The minimum Gasteiger partial charge on any atom is -0.444 e. The average molecular weight is 370 g/mol. The molecule has 1 aromatic rings. The highest BCUT2D eigenvalue weighted by Crippen LogP contribution is 2.24. The summed E-state index contributed by atoms with van der Waals surface area (Å²) in [6.07, 6.45) is 1.90. The summed E-state index contributed by atoms with van der Waals surface area (Å²) in [6.45, 7) is 5.57. The smallest absolute Gasteiger partial charge is 0.407 e. The molecule has 3 nitrogen and oxygen atoms in total. The molecule has 1 aromatic carbocycles. The van der Waals surface area contributed by atoms with Crippen molar-refractivity contribution in [3.8, 4) is 0 Å². The van der Waals surface area contributed by atoms with E-state index in [4.69, 9.17) is 17.0 Å². The number of nitrogens with one attached hydrogen (secondary N) is 1. The van der Waals surface area contributed by atoms with Crippen LogP contribution in [0.15, 0.2) is 22.7 Å². The fraction of sp³-hybridized carbons (Fsp3) is 0.500. The van der Waals surface area contributed by atoms with Gasteiger partial charge in [0.05, 0.1) is 0 Å². The predicted molar refractivity (Wildman–Crippen MR) is 91.9 cm³/mol. The van der Waals surface area contributed by atoms with Gasteiger partial charge in [0.1, 0.15) is 5.60 Å². The molecule has 5 heteroatoms. The standard InChI is InChI=1S/C16H20BrNO2S/c1-16(2,3)20-15(19)18-13-7-11-6-12(17)5-4-10(11)8-14(21)9-13/h4-6,13H,7-9H2,1-3H3,(H,18,19). The monoisotopic (exact) mass is 369 g/mol. The van der Waals surface area contributed by atoms with E-state index >= 15 is 0 Å². The van der Waals surface area contributed by atoms with Crippen LogP contribution < -0.4 is 5.32 Å². The van der Waals surface area contributed by atoms with Crippen LogP contribution in [0.5, 0.6) is 0 Å². The maximum Gasteiger partial charge on any atom is 0.407 e. The Bertz CT molecular complexity index is 566. The molecule has 0 bridgehead atoms. The second-order valence-corrected chi connectivity index (χ2v) is 7.87. The third-order valence-electron chi connectivity index (χ3n) is 3.22. The van der Waals surface area contributed by atoms with Crippen LogP contribution in [0.3, 0.4) is 0 Å². The van der Waals surface area contributed by atoms with Gasteiger partial charge in [-0.05, 0) is 61.7 Å². The van der Waals surface area contributed by atoms with E-state index in [2.05, 4.69) is 33.4 Å². The van der Waals surface area contributed by atoms with E-state index in [1.165, 1.54) is 11.1 Å². The van der Waals surface area contributed by atoms with E-state index in [-0.39, 0.29) is 12.1 Å². The van der Waals surface area contributed by atoms with E-state index in [1.54, 1.807) is 0 Å². The number of benzene rings is 1. The molecule has 1 atom stereocenters. The molecule has 0 radical (unpaired) electrons. The molecule has 0 saturated heterocycles. The SMILES string of the molecule is CC(C)(C)OC(=O)NC1CC(=S)Cc2ccc(Br)cc2C1. The lowest BCUT2D eigenvalue weighted by Crippen LogP contribution is -2.40. The van der Waals surface area contributed by atoms with Crippen molar-refractivity contribution in [2.45, 2.75) is 51.7 Å². The Morgan fingerprint density at radius 1 is 1.33 bits per heavy atom. The number of carbonyl (C=O) groups excluding carboxylic acids is 1. The van der Waals surface area contributed by atoms with E-state index in [0.717, 1.165) is 22.2 Å². The summed E-state index contributed by atoms with van der Waals surface area (Å²) in [5, 5.41) is 2.94. The van der Waals surface area contributed by atoms with Crippen molar-refractivity contribution >= 4 is 39.1 Å². The van der Waals surface area contributed by atoms with Gasteiger partial charge in [-0.3, -0.25) is 0 Å². The Kier molecular flexibility index (Phi) is 5.04. The van der Waals surface area contributed by atoms with Crippen LogP contribution in [0.4, 0.5) is 4.79 Å². The summed E-state index contributed by atoms with van der Waals surface area (Å²) in [4.78, 5) is 12.9. The van der Waals surface area contributed by atoms with Gasteiger partial charge >= 0.3 is 6.09 Å². The minimum absolute atomic E-state index is 0.0112. The van der Waals surface area contributed by atoms with Crippen molar-refractivity contribution < 1.29 is 9.53 Å². The summed E-state index contributed by atoms with van der Waals surface area (Å²) in [6, 6.07) is 6.22. The highest BCUT2D eigenvalue weighted by atomic mass is 79.9. The van der Waals surface area contributed by atoms with Gasteiger partial charge in [-0.1, -0.05) is 34.2 Å². The van der Waals surface area contributed by atoms with Crippen LogP contribution in [0, 0.1) is 0 Å².